The van der Waals surface area contributed by atoms with Crippen molar-refractivity contribution in [2.45, 2.75) is 161 Å². The topological polar surface area (TPSA) is 284 Å². The van der Waals surface area contributed by atoms with Crippen LogP contribution in [0.5, 0.6) is 11.5 Å². The summed E-state index contributed by atoms with van der Waals surface area (Å²) in [4.78, 5) is 116. The van der Waals surface area contributed by atoms with Gasteiger partial charge in [0.15, 0.2) is 39.2 Å². The number of phosphoric ester groups is 1. The number of β-lactam (4-membered cyclic amide) rings is 3. The first-order valence-electron chi connectivity index (χ1n) is 32.5. The van der Waals surface area contributed by atoms with Crippen molar-refractivity contribution in [2.75, 3.05) is 32.9 Å². The highest BCUT2D eigenvalue weighted by Crippen LogP contribution is 2.57. The van der Waals surface area contributed by atoms with Gasteiger partial charge in [-0.05, 0) is 146 Å². The molecule has 3 fully saturated rings. The molecule has 4 aliphatic heterocycles. The summed E-state index contributed by atoms with van der Waals surface area (Å²) in [5.41, 5.74) is 0. The van der Waals surface area contributed by atoms with Crippen LogP contribution in [0.15, 0.2) is 131 Å². The van der Waals surface area contributed by atoms with Crippen molar-refractivity contribution in [2.24, 2.45) is 35.5 Å². The third kappa shape index (κ3) is 23.2. The van der Waals surface area contributed by atoms with Crippen LogP contribution in [-0.4, -0.2) is 158 Å². The van der Waals surface area contributed by atoms with Gasteiger partial charge in [0.2, 0.25) is 23.6 Å². The fourth-order valence-electron chi connectivity index (χ4n) is 11.9. The first-order valence-corrected chi connectivity index (χ1v) is 43.1. The van der Waals surface area contributed by atoms with Crippen molar-refractivity contribution < 1.29 is 94.2 Å². The third-order valence-electron chi connectivity index (χ3n) is 16.0. The molecule has 0 aliphatic carbocycles. The number of aliphatic hydroxyl groups is 1. The summed E-state index contributed by atoms with van der Waals surface area (Å²) in [7, 11) is -8.33. The zero-order valence-corrected chi connectivity index (χ0v) is 64.4. The van der Waals surface area contributed by atoms with Gasteiger partial charge in [-0.25, -0.2) is 4.79 Å². The molecule has 0 radical (unpaired) electrons. The number of benzene rings is 4. The molecule has 4 heterocycles. The predicted molar refractivity (Wildman–Crippen MR) is 379 cm³/mol. The number of fused-ring (bicyclic) bond motifs is 1. The minimum atomic E-state index is -4.48. The normalized spacial score (nSPS) is 21.0. The molecule has 4 aromatic carbocycles. The molecule has 8 rings (SSSR count). The van der Waals surface area contributed by atoms with Gasteiger partial charge in [0.1, 0.15) is 11.5 Å². The summed E-state index contributed by atoms with van der Waals surface area (Å²) >= 11 is 14.1. The zero-order chi connectivity index (χ0) is 73.4. The second kappa shape index (κ2) is 36.4. The summed E-state index contributed by atoms with van der Waals surface area (Å²) in [6, 6.07) is 29.6. The van der Waals surface area contributed by atoms with Gasteiger partial charge in [-0.1, -0.05) is 104 Å². The standard InChI is InChI=1S/C28H34NO10PSi.C22H32ClNO5SSi.C19H24ClNO5S/c1-18-25-24(19(2)39-41(4,5)6)27(32)29(25)28(35-23(31)17-34-20(3)30)26(18)38-40(33,36-21-13-9-7-10-14-21)37-22-15-11-8-12-16-22;1-14(22(27)30-18-10-8-17(23)9-11-18)20-19(15(2)29-31(4,5)6)21(26)24(20)12-7-13-28-16(3)25;1-11(19(25)27-15-7-5-14(20)6-8-15)17-16(12(2)22)18(24)21(17)9-4-10-26-13(3)23/h7-16,18-19,24-25H,17H2,1-6H3;8-11,14-15,19-20H,7,12-13H2,1-6H3;5-8,11-12,16-17,22H,4,9-10H2,1-3H3/t18-,19-,24-,25-;14-,15-,19-,20-;11-,12-,16-,17-/m111/s1. The minimum Gasteiger partial charge on any atom is -0.466 e. The number of para-hydroxylation sites is 2. The maximum Gasteiger partial charge on any atom is 0.646 e. The van der Waals surface area contributed by atoms with E-state index in [2.05, 4.69) is 19.6 Å². The molecule has 30 heteroatoms. The molecule has 1 N–H and O–H groups in total. The Kier molecular flexibility index (Phi) is 29.9. The van der Waals surface area contributed by atoms with Gasteiger partial charge in [0.25, 0.3) is 0 Å². The Hall–Kier alpha value is -6.53. The number of rotatable bonds is 30. The number of ether oxygens (including phenoxy) is 4. The highest BCUT2D eigenvalue weighted by molar-refractivity contribution is 8.14. The first kappa shape index (κ1) is 81.4. The smallest absolute Gasteiger partial charge is 0.466 e. The minimum absolute atomic E-state index is 0.00462. The van der Waals surface area contributed by atoms with Crippen LogP contribution >= 0.6 is 54.5 Å². The molecule has 99 heavy (non-hydrogen) atoms. The van der Waals surface area contributed by atoms with E-state index in [0.717, 1.165) is 40.2 Å². The Morgan fingerprint density at radius 1 is 0.556 bits per heavy atom. The van der Waals surface area contributed by atoms with Crippen LogP contribution in [0.4, 0.5) is 0 Å². The van der Waals surface area contributed by atoms with Crippen molar-refractivity contribution in [3.63, 3.8) is 0 Å². The SMILES string of the molecule is CC(=O)OCC(=O)OC1=C(OP(=O)(Oc2ccccc2)Oc2ccccc2)[C@H](C)[C@@H]2[C@@H]([C@@H](C)O[Si](C)(C)C)C(=O)N12.CC(=O)OCCCN1C(=O)[C@H]([C@@H](C)O)[C@H]1[C@@H](C)C(=O)Sc1ccc(Cl)cc1.CC(=O)OCCCN1C(=O)[C@H]([C@@H](C)O[Si](C)(C)C)[C@H]1[C@@H](C)C(=O)Sc1ccc(Cl)cc1. The van der Waals surface area contributed by atoms with E-state index in [9.17, 15) is 52.8 Å². The highest BCUT2D eigenvalue weighted by Gasteiger charge is 2.63. The number of thioether (sulfide) groups is 2. The van der Waals surface area contributed by atoms with Gasteiger partial charge in [-0.3, -0.25) is 43.3 Å². The highest BCUT2D eigenvalue weighted by atomic mass is 35.5. The van der Waals surface area contributed by atoms with E-state index in [4.69, 9.17) is 64.6 Å². The van der Waals surface area contributed by atoms with E-state index in [1.807, 2.05) is 52.5 Å². The number of carbonyl (C=O) groups is 9. The van der Waals surface area contributed by atoms with Gasteiger partial charge in [0, 0.05) is 71.5 Å². The average Bonchev–Trinajstić information content (AvgIpc) is 1.62. The number of nitrogens with zero attached hydrogens (tertiary/aromatic N) is 3. The summed E-state index contributed by atoms with van der Waals surface area (Å²) in [6.45, 7) is 27.5. The Morgan fingerprint density at radius 2 is 0.949 bits per heavy atom. The lowest BCUT2D eigenvalue weighted by molar-refractivity contribution is -0.170. The van der Waals surface area contributed by atoms with E-state index in [1.54, 1.807) is 128 Å². The molecule has 4 aromatic rings. The van der Waals surface area contributed by atoms with Crippen molar-refractivity contribution in [1.82, 2.24) is 14.7 Å². The van der Waals surface area contributed by atoms with Crippen LogP contribution in [0.1, 0.15) is 75.2 Å². The summed E-state index contributed by atoms with van der Waals surface area (Å²) in [6.07, 6.45) is -0.501. The number of phosphoric acid groups is 1. The molecule has 0 unspecified atom stereocenters. The number of carbonyl (C=O) groups excluding carboxylic acids is 9. The van der Waals surface area contributed by atoms with E-state index >= 15 is 0 Å². The van der Waals surface area contributed by atoms with E-state index in [-0.39, 0.29) is 106 Å². The Bertz CT molecular complexity index is 3520. The van der Waals surface area contributed by atoms with Gasteiger partial charge in [-0.2, -0.15) is 4.57 Å². The van der Waals surface area contributed by atoms with Crippen LogP contribution in [-0.2, 0) is 80.0 Å². The quantitative estimate of drug-likeness (QED) is 0.00965. The van der Waals surface area contributed by atoms with Crippen molar-refractivity contribution in [3.8, 4) is 11.5 Å². The second-order valence-electron chi connectivity index (χ2n) is 26.2. The molecule has 0 saturated carbocycles. The molecule has 12 atom stereocenters. The van der Waals surface area contributed by atoms with E-state index in [1.165, 1.54) is 18.7 Å². The molecule has 23 nitrogen and oxygen atoms in total. The third-order valence-corrected chi connectivity index (χ3v) is 22.1. The van der Waals surface area contributed by atoms with E-state index < -0.39 is 84.9 Å². The Balaban J connectivity index is 0.000000240. The predicted octanol–water partition coefficient (Wildman–Crippen LogP) is 12.6. The number of hydrogen-bond acceptors (Lipinski definition) is 22. The van der Waals surface area contributed by atoms with Crippen LogP contribution < -0.4 is 9.05 Å². The molecular formula is C69H90Cl2N3O20PS2Si2. The van der Waals surface area contributed by atoms with Crippen LogP contribution in [0.25, 0.3) is 0 Å². The van der Waals surface area contributed by atoms with Gasteiger partial charge < -0.3 is 56.3 Å². The van der Waals surface area contributed by atoms with Crippen LogP contribution in [0, 0.1) is 35.5 Å². The largest absolute Gasteiger partial charge is 0.646 e. The summed E-state index contributed by atoms with van der Waals surface area (Å²) < 4.78 is 64.2. The first-order chi connectivity index (χ1) is 46.4. The Labute approximate surface area is 599 Å². The molecule has 540 valence electrons. The fraction of sp³-hybridized carbons (Fsp3) is 0.493. The molecule has 4 aliphatic rings. The lowest BCUT2D eigenvalue weighted by atomic mass is 9.77. The van der Waals surface area contributed by atoms with E-state index in [0.29, 0.717) is 36.0 Å². The monoisotopic (exact) mass is 1500 g/mol. The Morgan fingerprint density at radius 3 is 1.34 bits per heavy atom. The van der Waals surface area contributed by atoms with Gasteiger partial charge in [-0.15, -0.1) is 0 Å². The molecular weight excluding hydrogens is 1410 g/mol. The maximum absolute atomic E-state index is 14.2. The number of hydrogen-bond donors (Lipinski definition) is 1. The zero-order valence-electron chi connectivity index (χ0n) is 58.3. The summed E-state index contributed by atoms with van der Waals surface area (Å²) in [5, 5.41) is 11.1. The molecule has 0 spiro atoms. The van der Waals surface area contributed by atoms with Crippen LogP contribution in [0.3, 0.4) is 0 Å². The average molecular weight is 1500 g/mol. The fourth-order valence-corrected chi connectivity index (χ4v) is 17.7. The number of halogens is 2. The molecule has 3 saturated heterocycles. The number of likely N-dealkylation sites (tertiary alicyclic amines) is 2. The number of amides is 3. The van der Waals surface area contributed by atoms with Crippen molar-refractivity contribution in [1.29, 1.82) is 0 Å². The maximum atomic E-state index is 14.2. The van der Waals surface area contributed by atoms with Crippen molar-refractivity contribution in [3.05, 3.63) is 131 Å². The number of esters is 4. The van der Waals surface area contributed by atoms with Crippen LogP contribution in [0.2, 0.25) is 49.3 Å². The number of aliphatic hydroxyl groups excluding tert-OH is 1. The molecule has 0 bridgehead atoms. The molecule has 0 aromatic heterocycles. The lowest BCUT2D eigenvalue weighted by Gasteiger charge is -2.52. The second-order valence-corrected chi connectivity index (χ2v) is 39.6. The lowest BCUT2D eigenvalue weighted by Crippen LogP contribution is -2.68. The van der Waals surface area contributed by atoms with Gasteiger partial charge >= 0.3 is 31.7 Å². The summed E-state index contributed by atoms with van der Waals surface area (Å²) in [5.74, 6) is -5.69. The van der Waals surface area contributed by atoms with Gasteiger partial charge in [0.05, 0.1) is 67.4 Å². The molecule has 3 amide bonds. The van der Waals surface area contributed by atoms with Crippen molar-refractivity contribution >= 4 is 123 Å².